The maximum Gasteiger partial charge on any atom is 0.192 e. The monoisotopic (exact) mass is 296 g/mol. The minimum atomic E-state index is -1.76. The highest BCUT2D eigenvalue weighted by Crippen LogP contribution is 2.42. The summed E-state index contributed by atoms with van der Waals surface area (Å²) < 4.78 is 8.31. The van der Waals surface area contributed by atoms with Gasteiger partial charge in [0.1, 0.15) is 0 Å². The minimum absolute atomic E-state index is 0.150. The molecule has 1 aliphatic rings. The van der Waals surface area contributed by atoms with Crippen molar-refractivity contribution in [3.63, 3.8) is 0 Å². The quantitative estimate of drug-likeness (QED) is 0.872. The fourth-order valence-electron chi connectivity index (χ4n) is 2.73. The first-order valence-corrected chi connectivity index (χ1v) is 10.4. The normalized spacial score (nSPS) is 28.1. The van der Waals surface area contributed by atoms with Crippen LogP contribution < -0.4 is 0 Å². The van der Waals surface area contributed by atoms with E-state index in [4.69, 9.17) is 4.43 Å². The fraction of sp³-hybridized carbons (Fsp3) is 0.800. The Balaban J connectivity index is 2.07. The van der Waals surface area contributed by atoms with Crippen LogP contribution in [0.15, 0.2) is 12.3 Å². The highest BCUT2D eigenvalue weighted by molar-refractivity contribution is 6.74. The third kappa shape index (κ3) is 2.99. The Morgan fingerprint density at radius 1 is 1.35 bits per heavy atom. The van der Waals surface area contributed by atoms with Crippen LogP contribution in [0.1, 0.15) is 45.2 Å². The summed E-state index contributed by atoms with van der Waals surface area (Å²) in [5.74, 6) is 0.150. The summed E-state index contributed by atoms with van der Waals surface area (Å²) in [5, 5.41) is 14.8. The molecule has 1 heterocycles. The number of hydrogen-bond acceptors (Lipinski definition) is 3. The molecule has 1 fully saturated rings. The van der Waals surface area contributed by atoms with Crippen molar-refractivity contribution >= 4 is 8.32 Å². The summed E-state index contributed by atoms with van der Waals surface area (Å²) in [6.45, 7) is 11.3. The molecule has 114 valence electrons. The Hall–Kier alpha value is -0.653. The van der Waals surface area contributed by atoms with Crippen LogP contribution >= 0.6 is 0 Å². The van der Waals surface area contributed by atoms with Crippen molar-refractivity contribution in [2.45, 2.75) is 69.9 Å². The van der Waals surface area contributed by atoms with Crippen LogP contribution in [0.3, 0.4) is 0 Å². The van der Waals surface area contributed by atoms with Crippen LogP contribution in [0.25, 0.3) is 0 Å². The predicted molar refractivity (Wildman–Crippen MR) is 83.3 cm³/mol. The summed E-state index contributed by atoms with van der Waals surface area (Å²) in [6.07, 6.45) is 3.28. The van der Waals surface area contributed by atoms with Gasteiger partial charge in [-0.2, -0.15) is 5.10 Å². The summed E-state index contributed by atoms with van der Waals surface area (Å²) >= 11 is 0. The zero-order valence-corrected chi connectivity index (χ0v) is 14.6. The van der Waals surface area contributed by atoms with Gasteiger partial charge in [-0.1, -0.05) is 20.8 Å². The second-order valence-electron chi connectivity index (χ2n) is 7.53. The predicted octanol–water partition coefficient (Wildman–Crippen LogP) is 3.05. The van der Waals surface area contributed by atoms with Gasteiger partial charge in [0.2, 0.25) is 0 Å². The number of hydrogen-bond donors (Lipinski definition) is 1. The van der Waals surface area contributed by atoms with Crippen LogP contribution in [-0.2, 0) is 11.5 Å². The van der Waals surface area contributed by atoms with Gasteiger partial charge in [0, 0.05) is 31.0 Å². The molecule has 1 saturated carbocycles. The van der Waals surface area contributed by atoms with Crippen LogP contribution in [0.2, 0.25) is 18.1 Å². The van der Waals surface area contributed by atoms with E-state index < -0.39 is 8.32 Å². The molecule has 3 atom stereocenters. The molecule has 1 aromatic heterocycles. The summed E-state index contributed by atoms with van der Waals surface area (Å²) in [5.41, 5.74) is 1.11. The molecule has 0 aromatic carbocycles. The van der Waals surface area contributed by atoms with Crippen LogP contribution in [-0.4, -0.2) is 35.4 Å². The molecule has 0 bridgehead atoms. The molecule has 0 spiro atoms. The average Bonchev–Trinajstić information content (AvgIpc) is 2.82. The summed E-state index contributed by atoms with van der Waals surface area (Å²) in [6, 6.07) is 2.00. The molecule has 1 aliphatic carbocycles. The second kappa shape index (κ2) is 5.28. The maximum absolute atomic E-state index is 10.3. The van der Waals surface area contributed by atoms with Crippen molar-refractivity contribution in [2.24, 2.45) is 7.05 Å². The Labute approximate surface area is 123 Å². The minimum Gasteiger partial charge on any atom is -0.414 e. The van der Waals surface area contributed by atoms with Crippen molar-refractivity contribution in [3.05, 3.63) is 18.0 Å². The van der Waals surface area contributed by atoms with Gasteiger partial charge in [0.25, 0.3) is 0 Å². The van der Waals surface area contributed by atoms with Gasteiger partial charge in [-0.3, -0.25) is 4.68 Å². The van der Waals surface area contributed by atoms with E-state index in [0.29, 0.717) is 0 Å². The molecule has 1 N–H and O–H groups in total. The lowest BCUT2D eigenvalue weighted by atomic mass is 10.0. The SMILES string of the molecule is Cn1nccc1C1CC(O[Si](C)(C)C(C)(C)C)CC1O. The molecule has 4 nitrogen and oxygen atoms in total. The molecular formula is C15H28N2O2Si. The van der Waals surface area contributed by atoms with E-state index in [9.17, 15) is 5.11 Å². The number of aliphatic hydroxyl groups excluding tert-OH is 1. The highest BCUT2D eigenvalue weighted by atomic mass is 28.4. The van der Waals surface area contributed by atoms with Gasteiger partial charge in [-0.25, -0.2) is 0 Å². The van der Waals surface area contributed by atoms with E-state index in [1.165, 1.54) is 0 Å². The van der Waals surface area contributed by atoms with Crippen molar-refractivity contribution in [1.82, 2.24) is 9.78 Å². The van der Waals surface area contributed by atoms with Gasteiger partial charge in [-0.05, 0) is 37.0 Å². The van der Waals surface area contributed by atoms with Gasteiger partial charge in [0.15, 0.2) is 8.32 Å². The standard InChI is InChI=1S/C15H28N2O2Si/c1-15(2,3)20(5,6)19-11-9-12(14(18)10-11)13-7-8-16-17(13)4/h7-8,11-12,14,18H,9-10H2,1-6H3. The van der Waals surface area contributed by atoms with E-state index in [-0.39, 0.29) is 23.2 Å². The van der Waals surface area contributed by atoms with Crippen molar-refractivity contribution in [2.75, 3.05) is 0 Å². The van der Waals surface area contributed by atoms with E-state index in [2.05, 4.69) is 39.0 Å². The largest absolute Gasteiger partial charge is 0.414 e. The maximum atomic E-state index is 10.3. The molecule has 1 aromatic rings. The lowest BCUT2D eigenvalue weighted by Gasteiger charge is -2.38. The fourth-order valence-corrected chi connectivity index (χ4v) is 4.10. The second-order valence-corrected chi connectivity index (χ2v) is 12.3. The molecular weight excluding hydrogens is 268 g/mol. The molecule has 20 heavy (non-hydrogen) atoms. The van der Waals surface area contributed by atoms with E-state index in [0.717, 1.165) is 18.5 Å². The number of nitrogens with zero attached hydrogens (tertiary/aromatic N) is 2. The molecule has 0 saturated heterocycles. The lowest BCUT2D eigenvalue weighted by Crippen LogP contribution is -2.43. The Morgan fingerprint density at radius 2 is 2.00 bits per heavy atom. The van der Waals surface area contributed by atoms with Crippen molar-refractivity contribution < 1.29 is 9.53 Å². The van der Waals surface area contributed by atoms with Crippen LogP contribution in [0, 0.1) is 0 Å². The van der Waals surface area contributed by atoms with Gasteiger partial charge in [0.05, 0.1) is 6.10 Å². The average molecular weight is 296 g/mol. The molecule has 3 unspecified atom stereocenters. The zero-order valence-electron chi connectivity index (χ0n) is 13.6. The summed E-state index contributed by atoms with van der Waals surface area (Å²) in [7, 11) is 0.174. The van der Waals surface area contributed by atoms with Crippen molar-refractivity contribution in [3.8, 4) is 0 Å². The Morgan fingerprint density at radius 3 is 2.50 bits per heavy atom. The molecule has 2 rings (SSSR count). The topological polar surface area (TPSA) is 47.3 Å². The highest BCUT2D eigenvalue weighted by Gasteiger charge is 2.43. The third-order valence-electron chi connectivity index (χ3n) is 4.99. The molecule has 5 heteroatoms. The third-order valence-corrected chi connectivity index (χ3v) is 9.53. The van der Waals surface area contributed by atoms with E-state index >= 15 is 0 Å². The molecule has 0 aliphatic heterocycles. The Bertz CT molecular complexity index is 465. The first-order chi connectivity index (χ1) is 9.12. The first kappa shape index (κ1) is 15.7. The van der Waals surface area contributed by atoms with E-state index in [1.54, 1.807) is 6.20 Å². The number of aromatic nitrogens is 2. The smallest absolute Gasteiger partial charge is 0.192 e. The van der Waals surface area contributed by atoms with Gasteiger partial charge in [-0.15, -0.1) is 0 Å². The Kier molecular flexibility index (Phi) is 4.15. The molecule has 0 radical (unpaired) electrons. The zero-order chi connectivity index (χ0) is 15.1. The number of aliphatic hydroxyl groups is 1. The number of aryl methyl sites for hydroxylation is 1. The van der Waals surface area contributed by atoms with Gasteiger partial charge < -0.3 is 9.53 Å². The van der Waals surface area contributed by atoms with Gasteiger partial charge >= 0.3 is 0 Å². The van der Waals surface area contributed by atoms with Crippen molar-refractivity contribution in [1.29, 1.82) is 0 Å². The van der Waals surface area contributed by atoms with Crippen LogP contribution in [0.5, 0.6) is 0 Å². The van der Waals surface area contributed by atoms with E-state index in [1.807, 2.05) is 17.8 Å². The molecule has 0 amide bonds. The first-order valence-electron chi connectivity index (χ1n) is 7.45. The number of rotatable bonds is 3. The summed E-state index contributed by atoms with van der Waals surface area (Å²) in [4.78, 5) is 0. The van der Waals surface area contributed by atoms with Crippen LogP contribution in [0.4, 0.5) is 0 Å². The lowest BCUT2D eigenvalue weighted by molar-refractivity contribution is 0.135.